The number of carboxylic acid groups (broad SMARTS) is 1. The number of aliphatic carboxylic acids is 1. The molecule has 7 nitrogen and oxygen atoms in total. The zero-order valence-electron chi connectivity index (χ0n) is 14.0. The molecule has 0 fully saturated rings. The van der Waals surface area contributed by atoms with Crippen molar-refractivity contribution in [3.8, 4) is 0 Å². The van der Waals surface area contributed by atoms with E-state index in [1.54, 1.807) is 24.3 Å². The molecule has 6 N–H and O–H groups in total. The topological polar surface area (TPSA) is 136 Å². The number of hydrogen-bond donors (Lipinski definition) is 4. The zero-order valence-corrected chi connectivity index (χ0v) is 14.0. The summed E-state index contributed by atoms with van der Waals surface area (Å²) in [7, 11) is 0. The van der Waals surface area contributed by atoms with Gasteiger partial charge in [-0.15, -0.1) is 0 Å². The number of benzene rings is 1. The van der Waals surface area contributed by atoms with Gasteiger partial charge in [0.25, 0.3) is 0 Å². The van der Waals surface area contributed by atoms with E-state index in [0.717, 1.165) is 31.2 Å². The van der Waals surface area contributed by atoms with Crippen LogP contribution in [0.1, 0.15) is 49.4 Å². The highest BCUT2D eigenvalue weighted by atomic mass is 16.4. The van der Waals surface area contributed by atoms with Crippen LogP contribution in [0.2, 0.25) is 0 Å². The van der Waals surface area contributed by atoms with E-state index in [4.69, 9.17) is 16.6 Å². The van der Waals surface area contributed by atoms with E-state index in [0.29, 0.717) is 24.9 Å². The van der Waals surface area contributed by atoms with Gasteiger partial charge < -0.3 is 21.9 Å². The third kappa shape index (κ3) is 10.5. The highest BCUT2D eigenvalue weighted by Gasteiger charge is 2.09. The van der Waals surface area contributed by atoms with Gasteiger partial charge in [-0.25, -0.2) is 0 Å². The predicted octanol–water partition coefficient (Wildman–Crippen LogP) is 1.76. The van der Waals surface area contributed by atoms with Crippen molar-refractivity contribution in [2.75, 3.05) is 11.9 Å². The monoisotopic (exact) mass is 337 g/mol. The number of carboxylic acids is 1. The van der Waals surface area contributed by atoms with Crippen molar-refractivity contribution in [3.63, 3.8) is 0 Å². The third-order valence-electron chi connectivity index (χ3n) is 3.09. The van der Waals surface area contributed by atoms with Crippen molar-refractivity contribution in [1.29, 1.82) is 0 Å². The first-order chi connectivity index (χ1) is 11.4. The molecular weight excluding hydrogens is 310 g/mol. The van der Waals surface area contributed by atoms with Crippen LogP contribution in [0.4, 0.5) is 5.69 Å². The number of amides is 1. The third-order valence-corrected chi connectivity index (χ3v) is 3.09. The Kier molecular flexibility index (Phi) is 12.0. The fraction of sp³-hybridized carbons (Fsp3) is 0.471. The molecule has 0 aromatic heterocycles. The predicted molar refractivity (Wildman–Crippen MR) is 93.9 cm³/mol. The van der Waals surface area contributed by atoms with E-state index in [2.05, 4.69) is 5.32 Å². The van der Waals surface area contributed by atoms with Crippen molar-refractivity contribution in [3.05, 3.63) is 29.8 Å². The molecule has 1 rings (SSSR count). The quantitative estimate of drug-likeness (QED) is 0.400. The molecule has 0 spiro atoms. The molecule has 1 atom stereocenters. The highest BCUT2D eigenvalue weighted by Crippen LogP contribution is 2.08. The van der Waals surface area contributed by atoms with Gasteiger partial charge in [-0.2, -0.15) is 0 Å². The first kappa shape index (κ1) is 21.8. The maximum absolute atomic E-state index is 11.2. The van der Waals surface area contributed by atoms with Crippen LogP contribution in [0.5, 0.6) is 0 Å². The summed E-state index contributed by atoms with van der Waals surface area (Å²) in [4.78, 5) is 31.7. The second-order valence-corrected chi connectivity index (χ2v) is 5.27. The van der Waals surface area contributed by atoms with Crippen LogP contribution >= 0.6 is 0 Å². The van der Waals surface area contributed by atoms with Crippen LogP contribution in [-0.4, -0.2) is 35.9 Å². The lowest BCUT2D eigenvalue weighted by molar-refractivity contribution is -0.138. The van der Waals surface area contributed by atoms with E-state index in [1.807, 2.05) is 6.92 Å². The number of carbonyl (C=O) groups is 3. The van der Waals surface area contributed by atoms with Gasteiger partial charge in [0, 0.05) is 17.7 Å². The number of aldehydes is 1. The van der Waals surface area contributed by atoms with E-state index in [-0.39, 0.29) is 5.91 Å². The average molecular weight is 337 g/mol. The summed E-state index contributed by atoms with van der Waals surface area (Å²) >= 11 is 0. The smallest absolute Gasteiger partial charge is 0.320 e. The lowest BCUT2D eigenvalue weighted by Gasteiger charge is -2.03. The van der Waals surface area contributed by atoms with E-state index >= 15 is 0 Å². The molecule has 0 heterocycles. The van der Waals surface area contributed by atoms with Crippen LogP contribution in [0.3, 0.4) is 0 Å². The van der Waals surface area contributed by atoms with Crippen LogP contribution in [0, 0.1) is 0 Å². The molecule has 0 aliphatic heterocycles. The molecule has 0 aliphatic rings. The minimum absolute atomic E-state index is 0.00588. The zero-order chi connectivity index (χ0) is 18.4. The molecule has 0 aliphatic carbocycles. The van der Waals surface area contributed by atoms with E-state index in [9.17, 15) is 14.4 Å². The molecule has 0 saturated heterocycles. The van der Waals surface area contributed by atoms with Gasteiger partial charge in [-0.3, -0.25) is 14.4 Å². The molecule has 0 saturated carbocycles. The molecule has 1 aromatic rings. The van der Waals surface area contributed by atoms with Crippen molar-refractivity contribution in [2.45, 2.75) is 45.1 Å². The van der Waals surface area contributed by atoms with Gasteiger partial charge in [0.2, 0.25) is 5.91 Å². The molecule has 0 radical (unpaired) electrons. The first-order valence-electron chi connectivity index (χ1n) is 7.98. The fourth-order valence-electron chi connectivity index (χ4n) is 1.73. The maximum Gasteiger partial charge on any atom is 0.320 e. The Bertz CT molecular complexity index is 503. The SMILES string of the molecule is CCCC(=O)Nc1ccc(C=O)cc1.NCCCC[C@H](N)C(=O)O. The average Bonchev–Trinajstić information content (AvgIpc) is 2.56. The van der Waals surface area contributed by atoms with Crippen molar-refractivity contribution in [1.82, 2.24) is 0 Å². The molecule has 1 aromatic carbocycles. The van der Waals surface area contributed by atoms with E-state index < -0.39 is 12.0 Å². The Morgan fingerprint density at radius 1 is 1.25 bits per heavy atom. The highest BCUT2D eigenvalue weighted by molar-refractivity contribution is 5.91. The lowest BCUT2D eigenvalue weighted by Crippen LogP contribution is -2.29. The van der Waals surface area contributed by atoms with Crippen LogP contribution < -0.4 is 16.8 Å². The van der Waals surface area contributed by atoms with Gasteiger partial charge in [-0.05, 0) is 50.1 Å². The standard InChI is InChI=1S/C11H13NO2.C6H14N2O2/c1-2-3-11(14)12-10-6-4-9(8-13)5-7-10;7-4-2-1-3-5(8)6(9)10/h4-8H,2-3H2,1H3,(H,12,14);5H,1-4,7-8H2,(H,9,10)/t;5-/m.0/s1. The number of nitrogens with two attached hydrogens (primary N) is 2. The summed E-state index contributed by atoms with van der Waals surface area (Å²) in [5.41, 5.74) is 11.8. The van der Waals surface area contributed by atoms with Crippen molar-refractivity contribution < 1.29 is 19.5 Å². The van der Waals surface area contributed by atoms with Gasteiger partial charge in [-0.1, -0.05) is 13.3 Å². The van der Waals surface area contributed by atoms with Gasteiger partial charge in [0.15, 0.2) is 0 Å². The number of rotatable bonds is 9. The second kappa shape index (κ2) is 13.2. The molecule has 24 heavy (non-hydrogen) atoms. The first-order valence-corrected chi connectivity index (χ1v) is 7.98. The Labute approximate surface area is 142 Å². The Balaban J connectivity index is 0.000000470. The lowest BCUT2D eigenvalue weighted by atomic mass is 10.1. The largest absolute Gasteiger partial charge is 0.480 e. The van der Waals surface area contributed by atoms with Crippen LogP contribution in [0.25, 0.3) is 0 Å². The number of hydrogen-bond acceptors (Lipinski definition) is 5. The maximum atomic E-state index is 11.2. The summed E-state index contributed by atoms with van der Waals surface area (Å²) in [5.74, 6) is -0.927. The normalized spacial score (nSPS) is 11.0. The Morgan fingerprint density at radius 2 is 1.88 bits per heavy atom. The molecular formula is C17H27N3O4. The van der Waals surface area contributed by atoms with E-state index in [1.165, 1.54) is 0 Å². The number of anilines is 1. The van der Waals surface area contributed by atoms with Gasteiger partial charge >= 0.3 is 5.97 Å². The summed E-state index contributed by atoms with van der Waals surface area (Å²) in [6, 6.07) is 6.07. The minimum Gasteiger partial charge on any atom is -0.480 e. The summed E-state index contributed by atoms with van der Waals surface area (Å²) in [5, 5.41) is 11.1. The second-order valence-electron chi connectivity index (χ2n) is 5.27. The Hall–Kier alpha value is -2.25. The molecule has 7 heteroatoms. The van der Waals surface area contributed by atoms with Gasteiger partial charge in [0.1, 0.15) is 12.3 Å². The summed E-state index contributed by atoms with van der Waals surface area (Å²) in [6.07, 6.45) is 4.29. The molecule has 0 bridgehead atoms. The molecule has 134 valence electrons. The van der Waals surface area contributed by atoms with Crippen molar-refractivity contribution >= 4 is 23.9 Å². The van der Waals surface area contributed by atoms with Crippen molar-refractivity contribution in [2.24, 2.45) is 11.5 Å². The number of unbranched alkanes of at least 4 members (excludes halogenated alkanes) is 1. The van der Waals surface area contributed by atoms with Gasteiger partial charge in [0.05, 0.1) is 0 Å². The summed E-state index contributed by atoms with van der Waals surface area (Å²) < 4.78 is 0. The number of carbonyl (C=O) groups excluding carboxylic acids is 2. The van der Waals surface area contributed by atoms with Crippen LogP contribution in [0.15, 0.2) is 24.3 Å². The Morgan fingerprint density at radius 3 is 2.33 bits per heavy atom. The minimum atomic E-state index is -0.933. The fourth-order valence-corrected chi connectivity index (χ4v) is 1.73. The summed E-state index contributed by atoms with van der Waals surface area (Å²) in [6.45, 7) is 2.56. The van der Waals surface area contributed by atoms with Crippen LogP contribution in [-0.2, 0) is 9.59 Å². The molecule has 1 amide bonds. The molecule has 0 unspecified atom stereocenters. The number of nitrogens with one attached hydrogen (secondary N) is 1.